The van der Waals surface area contributed by atoms with Crippen LogP contribution < -0.4 is 11.4 Å². The van der Waals surface area contributed by atoms with Gasteiger partial charge in [0.1, 0.15) is 4.83 Å². The van der Waals surface area contributed by atoms with E-state index in [9.17, 15) is 14.9 Å². The van der Waals surface area contributed by atoms with Crippen molar-refractivity contribution >= 4 is 39.0 Å². The summed E-state index contributed by atoms with van der Waals surface area (Å²) in [6.07, 6.45) is 0. The highest BCUT2D eigenvalue weighted by Gasteiger charge is 2.16. The summed E-state index contributed by atoms with van der Waals surface area (Å²) in [6.45, 7) is 0. The smallest absolute Gasteiger partial charge is 0.282 e. The van der Waals surface area contributed by atoms with Crippen LogP contribution in [0.5, 0.6) is 0 Å². The van der Waals surface area contributed by atoms with Gasteiger partial charge in [-0.25, -0.2) is 9.66 Å². The Hall–Kier alpha value is -3.17. The maximum atomic E-state index is 12.9. The largest absolute Gasteiger partial charge is 0.334 e. The lowest BCUT2D eigenvalue weighted by Crippen LogP contribution is -2.29. The van der Waals surface area contributed by atoms with Crippen molar-refractivity contribution in [3.8, 4) is 11.1 Å². The van der Waals surface area contributed by atoms with Crippen LogP contribution in [0.1, 0.15) is 5.56 Å². The number of benzene rings is 2. The molecule has 0 saturated carbocycles. The fourth-order valence-corrected chi connectivity index (χ4v) is 4.64. The van der Waals surface area contributed by atoms with Crippen LogP contribution in [0, 0.1) is 10.1 Å². The molecule has 0 aliphatic rings. The van der Waals surface area contributed by atoms with Crippen molar-refractivity contribution in [1.82, 2.24) is 9.66 Å². The zero-order valence-electron chi connectivity index (χ0n) is 14.4. The van der Waals surface area contributed by atoms with Crippen molar-refractivity contribution in [3.05, 3.63) is 86.0 Å². The molecule has 0 radical (unpaired) electrons. The van der Waals surface area contributed by atoms with Crippen molar-refractivity contribution < 1.29 is 4.92 Å². The summed E-state index contributed by atoms with van der Waals surface area (Å²) in [5, 5.41) is 13.6. The number of hydrogen-bond acceptors (Lipinski definition) is 7. The van der Waals surface area contributed by atoms with Gasteiger partial charge in [0, 0.05) is 28.8 Å². The van der Waals surface area contributed by atoms with Gasteiger partial charge in [-0.1, -0.05) is 54.2 Å². The number of thiophene rings is 1. The van der Waals surface area contributed by atoms with Gasteiger partial charge in [0.05, 0.1) is 10.3 Å². The second-order valence-electron chi connectivity index (χ2n) is 5.98. The number of non-ortho nitro benzene ring substituents is 1. The van der Waals surface area contributed by atoms with E-state index in [2.05, 4.69) is 4.98 Å². The third kappa shape index (κ3) is 3.37. The van der Waals surface area contributed by atoms with E-state index in [1.165, 1.54) is 35.2 Å². The lowest BCUT2D eigenvalue weighted by molar-refractivity contribution is -0.384. The number of nitrogen functional groups attached to an aromatic ring is 1. The second-order valence-corrected chi connectivity index (χ2v) is 7.78. The highest BCUT2D eigenvalue weighted by Crippen LogP contribution is 2.32. The van der Waals surface area contributed by atoms with Crippen LogP contribution in [0.25, 0.3) is 21.3 Å². The van der Waals surface area contributed by atoms with Crippen LogP contribution >= 0.6 is 23.1 Å². The Kier molecular flexibility index (Phi) is 4.84. The molecule has 0 saturated heterocycles. The van der Waals surface area contributed by atoms with E-state index in [0.29, 0.717) is 21.1 Å². The first kappa shape index (κ1) is 18.2. The molecule has 2 heterocycles. The van der Waals surface area contributed by atoms with E-state index in [1.807, 2.05) is 35.7 Å². The first-order chi connectivity index (χ1) is 13.5. The zero-order chi connectivity index (χ0) is 19.7. The molecular weight excluding hydrogens is 396 g/mol. The Labute approximate surface area is 167 Å². The highest BCUT2D eigenvalue weighted by molar-refractivity contribution is 7.98. The molecule has 0 amide bonds. The summed E-state index contributed by atoms with van der Waals surface area (Å²) in [7, 11) is 0. The minimum absolute atomic E-state index is 0.0380. The second kappa shape index (κ2) is 7.45. The van der Waals surface area contributed by atoms with Crippen LogP contribution in [-0.2, 0) is 5.75 Å². The van der Waals surface area contributed by atoms with Crippen molar-refractivity contribution in [2.45, 2.75) is 10.9 Å². The van der Waals surface area contributed by atoms with Crippen molar-refractivity contribution in [1.29, 1.82) is 0 Å². The van der Waals surface area contributed by atoms with Crippen molar-refractivity contribution in [2.24, 2.45) is 0 Å². The Morgan fingerprint density at radius 2 is 1.86 bits per heavy atom. The number of nitro benzene ring substituents is 1. The molecule has 4 aromatic rings. The van der Waals surface area contributed by atoms with Crippen LogP contribution in [-0.4, -0.2) is 14.6 Å². The zero-order valence-corrected chi connectivity index (χ0v) is 16.1. The van der Waals surface area contributed by atoms with Gasteiger partial charge >= 0.3 is 0 Å². The number of fused-ring (bicyclic) bond motifs is 1. The summed E-state index contributed by atoms with van der Waals surface area (Å²) < 4.78 is 1.07. The van der Waals surface area contributed by atoms with E-state index < -0.39 is 4.92 Å². The van der Waals surface area contributed by atoms with E-state index in [0.717, 1.165) is 21.4 Å². The maximum absolute atomic E-state index is 12.9. The molecule has 2 N–H and O–H groups in total. The third-order valence-electron chi connectivity index (χ3n) is 4.21. The number of hydrogen-bond donors (Lipinski definition) is 1. The summed E-state index contributed by atoms with van der Waals surface area (Å²) >= 11 is 2.72. The molecule has 7 nitrogen and oxygen atoms in total. The van der Waals surface area contributed by atoms with Crippen LogP contribution in [0.3, 0.4) is 0 Å². The fourth-order valence-electron chi connectivity index (χ4n) is 2.78. The van der Waals surface area contributed by atoms with E-state index in [1.54, 1.807) is 12.1 Å². The Morgan fingerprint density at radius 1 is 1.14 bits per heavy atom. The lowest BCUT2D eigenvalue weighted by atomic mass is 10.1. The fraction of sp³-hybridized carbons (Fsp3) is 0.0526. The highest BCUT2D eigenvalue weighted by atomic mass is 32.2. The van der Waals surface area contributed by atoms with Gasteiger partial charge in [-0.15, -0.1) is 11.3 Å². The molecule has 140 valence electrons. The van der Waals surface area contributed by atoms with E-state index in [4.69, 9.17) is 5.84 Å². The average molecular weight is 410 g/mol. The van der Waals surface area contributed by atoms with Gasteiger partial charge in [-0.3, -0.25) is 14.9 Å². The predicted octanol–water partition coefficient (Wildman–Crippen LogP) is 4.04. The molecule has 4 rings (SSSR count). The molecule has 0 fully saturated rings. The van der Waals surface area contributed by atoms with Gasteiger partial charge < -0.3 is 5.84 Å². The van der Waals surface area contributed by atoms with Crippen LogP contribution in [0.15, 0.2) is 69.9 Å². The standard InChI is InChI=1S/C19H14N4O3S2/c20-22-18(24)16-15(13-4-2-1-3-5-13)11-27-17(16)21-19(22)28-10-12-6-8-14(9-7-12)23(25)26/h1-9,11H,10,20H2. The molecular formula is C19H14N4O3S2. The van der Waals surface area contributed by atoms with E-state index >= 15 is 0 Å². The minimum atomic E-state index is -0.439. The topological polar surface area (TPSA) is 104 Å². The van der Waals surface area contributed by atoms with E-state index in [-0.39, 0.29) is 11.2 Å². The number of nitrogens with zero attached hydrogens (tertiary/aromatic N) is 3. The monoisotopic (exact) mass is 410 g/mol. The van der Waals surface area contributed by atoms with Gasteiger partial charge in [-0.05, 0) is 11.1 Å². The molecule has 0 atom stereocenters. The normalized spacial score (nSPS) is 11.0. The molecule has 0 aliphatic heterocycles. The average Bonchev–Trinajstić information content (AvgIpc) is 3.14. The molecule has 28 heavy (non-hydrogen) atoms. The van der Waals surface area contributed by atoms with Gasteiger partial charge in [0.15, 0.2) is 5.16 Å². The molecule has 0 aliphatic carbocycles. The number of aromatic nitrogens is 2. The first-order valence-corrected chi connectivity index (χ1v) is 10.1. The number of nitrogens with two attached hydrogens (primary N) is 1. The molecule has 2 aromatic heterocycles. The first-order valence-electron chi connectivity index (χ1n) is 8.25. The summed E-state index contributed by atoms with van der Waals surface area (Å²) in [4.78, 5) is 28.3. The van der Waals surface area contributed by atoms with Crippen LogP contribution in [0.4, 0.5) is 5.69 Å². The Balaban J connectivity index is 1.65. The molecule has 0 spiro atoms. The van der Waals surface area contributed by atoms with Gasteiger partial charge in [0.2, 0.25) is 0 Å². The Morgan fingerprint density at radius 3 is 2.54 bits per heavy atom. The summed E-state index contributed by atoms with van der Waals surface area (Å²) in [5.41, 5.74) is 2.39. The molecule has 9 heteroatoms. The number of nitro groups is 1. The SMILES string of the molecule is Nn1c(SCc2ccc([N+](=O)[O-])cc2)nc2scc(-c3ccccc3)c2c1=O. The number of rotatable bonds is 5. The maximum Gasteiger partial charge on any atom is 0.282 e. The quantitative estimate of drug-likeness (QED) is 0.175. The van der Waals surface area contributed by atoms with Crippen LogP contribution in [0.2, 0.25) is 0 Å². The van der Waals surface area contributed by atoms with Crippen molar-refractivity contribution in [3.63, 3.8) is 0 Å². The lowest BCUT2D eigenvalue weighted by Gasteiger charge is -2.07. The molecule has 0 unspecified atom stereocenters. The number of thioether (sulfide) groups is 1. The van der Waals surface area contributed by atoms with Gasteiger partial charge in [-0.2, -0.15) is 0 Å². The summed E-state index contributed by atoms with van der Waals surface area (Å²) in [6, 6.07) is 15.9. The minimum Gasteiger partial charge on any atom is -0.334 e. The molecule has 2 aromatic carbocycles. The molecule has 0 bridgehead atoms. The predicted molar refractivity (Wildman–Crippen MR) is 112 cm³/mol. The van der Waals surface area contributed by atoms with Gasteiger partial charge in [0.25, 0.3) is 11.2 Å². The third-order valence-corrected chi connectivity index (χ3v) is 6.10. The Bertz CT molecular complexity index is 1220. The summed E-state index contributed by atoms with van der Waals surface area (Å²) in [5.74, 6) is 6.51. The van der Waals surface area contributed by atoms with Crippen molar-refractivity contribution in [2.75, 3.05) is 5.84 Å².